The molecule has 0 unspecified atom stereocenters. The number of aliphatic imine (C=N–C) groups is 1. The summed E-state index contributed by atoms with van der Waals surface area (Å²) in [6.07, 6.45) is 3.03. The van der Waals surface area contributed by atoms with E-state index in [0.717, 1.165) is 37.6 Å². The van der Waals surface area contributed by atoms with E-state index in [0.29, 0.717) is 26.4 Å². The lowest BCUT2D eigenvalue weighted by Gasteiger charge is -2.11. The maximum absolute atomic E-state index is 5.67. The number of ether oxygens (including phenoxy) is 2. The number of fused-ring (bicyclic) bond motifs is 1. The van der Waals surface area contributed by atoms with Crippen LogP contribution in [0.3, 0.4) is 0 Å². The second kappa shape index (κ2) is 12.8. The molecule has 3 rings (SSSR count). The zero-order chi connectivity index (χ0) is 21.7. The molecule has 3 N–H and O–H groups in total. The Bertz CT molecular complexity index is 951. The van der Waals surface area contributed by atoms with E-state index < -0.39 is 0 Å². The van der Waals surface area contributed by atoms with Crippen LogP contribution in [-0.4, -0.2) is 43.9 Å². The molecule has 1 heterocycles. The molecule has 0 aliphatic rings. The summed E-state index contributed by atoms with van der Waals surface area (Å²) in [5.74, 6) is 0.834. The van der Waals surface area contributed by atoms with Gasteiger partial charge < -0.3 is 25.1 Å². The molecule has 6 heteroatoms. The maximum atomic E-state index is 5.67. The van der Waals surface area contributed by atoms with Gasteiger partial charge in [0.15, 0.2) is 5.96 Å². The number of aromatic nitrogens is 1. The fourth-order valence-corrected chi connectivity index (χ4v) is 3.44. The van der Waals surface area contributed by atoms with Gasteiger partial charge in [0, 0.05) is 36.8 Å². The van der Waals surface area contributed by atoms with Crippen molar-refractivity contribution in [2.75, 3.05) is 32.9 Å². The van der Waals surface area contributed by atoms with Crippen molar-refractivity contribution < 1.29 is 9.47 Å². The van der Waals surface area contributed by atoms with E-state index in [-0.39, 0.29) is 0 Å². The Morgan fingerprint density at radius 2 is 1.81 bits per heavy atom. The summed E-state index contributed by atoms with van der Waals surface area (Å²) in [5.41, 5.74) is 4.82. The number of H-pyrrole nitrogens is 1. The van der Waals surface area contributed by atoms with Gasteiger partial charge in [-0.2, -0.15) is 0 Å². The highest BCUT2D eigenvalue weighted by atomic mass is 16.5. The zero-order valence-corrected chi connectivity index (χ0v) is 18.6. The van der Waals surface area contributed by atoms with Crippen LogP contribution in [0.1, 0.15) is 30.5 Å². The number of hydrogen-bond donors (Lipinski definition) is 3. The molecule has 0 aliphatic carbocycles. The van der Waals surface area contributed by atoms with E-state index in [1.807, 2.05) is 6.92 Å². The third kappa shape index (κ3) is 7.42. The minimum Gasteiger partial charge on any atom is -0.379 e. The standard InChI is InChI=1S/C25H34N4O2/c1-3-26-25(27-13-12-22-18-28-24-11-6-5-10-23(22)24)29-17-20-8-7-9-21(16-20)19-31-15-14-30-4-2/h5-11,16,18,28H,3-4,12-15,17,19H2,1-2H3,(H2,26,27,29). The number of para-hydroxylation sites is 1. The number of nitrogens with one attached hydrogen (secondary N) is 3. The van der Waals surface area contributed by atoms with Crippen LogP contribution < -0.4 is 10.6 Å². The first kappa shape index (κ1) is 22.8. The summed E-state index contributed by atoms with van der Waals surface area (Å²) in [7, 11) is 0. The summed E-state index contributed by atoms with van der Waals surface area (Å²) >= 11 is 0. The van der Waals surface area contributed by atoms with Gasteiger partial charge in [-0.05, 0) is 43.0 Å². The van der Waals surface area contributed by atoms with Crippen molar-refractivity contribution in [2.24, 2.45) is 4.99 Å². The van der Waals surface area contributed by atoms with Gasteiger partial charge in [0.2, 0.25) is 0 Å². The Morgan fingerprint density at radius 3 is 2.68 bits per heavy atom. The molecule has 6 nitrogen and oxygen atoms in total. The maximum Gasteiger partial charge on any atom is 0.191 e. The molecule has 1 aromatic heterocycles. The third-order valence-electron chi connectivity index (χ3n) is 4.96. The van der Waals surface area contributed by atoms with Gasteiger partial charge in [-0.15, -0.1) is 0 Å². The van der Waals surface area contributed by atoms with Gasteiger partial charge in [0.25, 0.3) is 0 Å². The van der Waals surface area contributed by atoms with Gasteiger partial charge in [-0.1, -0.05) is 42.5 Å². The van der Waals surface area contributed by atoms with Gasteiger partial charge >= 0.3 is 0 Å². The molecule has 166 valence electrons. The molecule has 0 saturated heterocycles. The van der Waals surface area contributed by atoms with Crippen LogP contribution >= 0.6 is 0 Å². The lowest BCUT2D eigenvalue weighted by molar-refractivity contribution is 0.0453. The summed E-state index contributed by atoms with van der Waals surface area (Å²) in [5, 5.41) is 8.06. The minimum absolute atomic E-state index is 0.591. The van der Waals surface area contributed by atoms with E-state index in [1.54, 1.807) is 0 Å². The Balaban J connectivity index is 1.50. The van der Waals surface area contributed by atoms with Crippen molar-refractivity contribution in [3.8, 4) is 0 Å². The largest absolute Gasteiger partial charge is 0.379 e. The van der Waals surface area contributed by atoms with Gasteiger partial charge in [-0.3, -0.25) is 0 Å². The van der Waals surface area contributed by atoms with E-state index >= 15 is 0 Å². The molecule has 0 saturated carbocycles. The number of rotatable bonds is 12. The molecule has 0 radical (unpaired) electrons. The Labute approximate surface area is 185 Å². The SMILES string of the molecule is CCNC(=NCc1cccc(COCCOCC)c1)NCCc1c[nH]c2ccccc12. The highest BCUT2D eigenvalue weighted by Gasteiger charge is 2.04. The predicted octanol–water partition coefficient (Wildman–Crippen LogP) is 4.02. The summed E-state index contributed by atoms with van der Waals surface area (Å²) in [4.78, 5) is 8.09. The topological polar surface area (TPSA) is 70.7 Å². The number of guanidine groups is 1. The fourth-order valence-electron chi connectivity index (χ4n) is 3.44. The molecule has 3 aromatic rings. The van der Waals surface area contributed by atoms with Crippen LogP contribution in [0.2, 0.25) is 0 Å². The molecular weight excluding hydrogens is 388 g/mol. The second-order valence-electron chi connectivity index (χ2n) is 7.30. The van der Waals surface area contributed by atoms with E-state index in [4.69, 9.17) is 14.5 Å². The van der Waals surface area contributed by atoms with Crippen LogP contribution in [0.4, 0.5) is 0 Å². The lowest BCUT2D eigenvalue weighted by Crippen LogP contribution is -2.38. The Morgan fingerprint density at radius 1 is 0.968 bits per heavy atom. The quantitative estimate of drug-likeness (QED) is 0.234. The molecule has 0 spiro atoms. The fraction of sp³-hybridized carbons (Fsp3) is 0.400. The van der Waals surface area contributed by atoms with E-state index in [9.17, 15) is 0 Å². The van der Waals surface area contributed by atoms with E-state index in [2.05, 4.69) is 77.3 Å². The molecule has 2 aromatic carbocycles. The summed E-state index contributed by atoms with van der Waals surface area (Å²) in [6.45, 7) is 8.90. The Hall–Kier alpha value is -2.83. The van der Waals surface area contributed by atoms with Crippen molar-refractivity contribution in [1.82, 2.24) is 15.6 Å². The van der Waals surface area contributed by atoms with Gasteiger partial charge in [-0.25, -0.2) is 4.99 Å². The smallest absolute Gasteiger partial charge is 0.191 e. The normalized spacial score (nSPS) is 11.7. The number of aromatic amines is 1. The minimum atomic E-state index is 0.591. The molecular formula is C25H34N4O2. The van der Waals surface area contributed by atoms with E-state index in [1.165, 1.54) is 22.0 Å². The second-order valence-corrected chi connectivity index (χ2v) is 7.30. The summed E-state index contributed by atoms with van der Waals surface area (Å²) in [6, 6.07) is 16.8. The van der Waals surface area contributed by atoms with Crippen LogP contribution in [0, 0.1) is 0 Å². The highest BCUT2D eigenvalue weighted by molar-refractivity contribution is 5.83. The molecule has 31 heavy (non-hydrogen) atoms. The van der Waals surface area contributed by atoms with Crippen LogP contribution in [0.5, 0.6) is 0 Å². The average Bonchev–Trinajstić information content (AvgIpc) is 3.21. The third-order valence-corrected chi connectivity index (χ3v) is 4.96. The Kier molecular flexibility index (Phi) is 9.41. The van der Waals surface area contributed by atoms with Gasteiger partial charge in [0.1, 0.15) is 0 Å². The average molecular weight is 423 g/mol. The van der Waals surface area contributed by atoms with Crippen molar-refractivity contribution in [3.05, 3.63) is 71.4 Å². The van der Waals surface area contributed by atoms with Crippen LogP contribution in [0.25, 0.3) is 10.9 Å². The first-order chi connectivity index (χ1) is 15.3. The van der Waals surface area contributed by atoms with Crippen LogP contribution in [-0.2, 0) is 29.0 Å². The number of nitrogens with zero attached hydrogens (tertiary/aromatic N) is 1. The lowest BCUT2D eigenvalue weighted by atomic mass is 10.1. The molecule has 0 bridgehead atoms. The predicted molar refractivity (Wildman–Crippen MR) is 127 cm³/mol. The number of benzene rings is 2. The molecule has 0 fully saturated rings. The monoisotopic (exact) mass is 422 g/mol. The highest BCUT2D eigenvalue weighted by Crippen LogP contribution is 2.17. The molecule has 0 atom stereocenters. The van der Waals surface area contributed by atoms with Gasteiger partial charge in [0.05, 0.1) is 26.4 Å². The molecule has 0 amide bonds. The van der Waals surface area contributed by atoms with Crippen molar-refractivity contribution >= 4 is 16.9 Å². The zero-order valence-electron chi connectivity index (χ0n) is 18.6. The number of hydrogen-bond acceptors (Lipinski definition) is 3. The first-order valence-electron chi connectivity index (χ1n) is 11.1. The van der Waals surface area contributed by atoms with Crippen molar-refractivity contribution in [1.29, 1.82) is 0 Å². The van der Waals surface area contributed by atoms with Crippen LogP contribution in [0.15, 0.2) is 59.7 Å². The van der Waals surface area contributed by atoms with Crippen molar-refractivity contribution in [3.63, 3.8) is 0 Å². The summed E-state index contributed by atoms with van der Waals surface area (Å²) < 4.78 is 11.0. The van der Waals surface area contributed by atoms with Crippen molar-refractivity contribution in [2.45, 2.75) is 33.4 Å². The first-order valence-corrected chi connectivity index (χ1v) is 11.1. The molecule has 0 aliphatic heterocycles.